The molecule has 1 aromatic rings. The number of halogens is 1. The summed E-state index contributed by atoms with van der Waals surface area (Å²) in [6.45, 7) is 2.30. The predicted molar refractivity (Wildman–Crippen MR) is 86.8 cm³/mol. The van der Waals surface area contributed by atoms with Gasteiger partial charge in [-0.25, -0.2) is 4.39 Å². The summed E-state index contributed by atoms with van der Waals surface area (Å²) in [5.41, 5.74) is 1.24. The van der Waals surface area contributed by atoms with Crippen LogP contribution in [0.15, 0.2) is 24.3 Å². The molecule has 4 atom stereocenters. The lowest BCUT2D eigenvalue weighted by molar-refractivity contribution is 0.113. The van der Waals surface area contributed by atoms with E-state index in [9.17, 15) is 4.39 Å². The van der Waals surface area contributed by atoms with Crippen molar-refractivity contribution in [1.82, 2.24) is 0 Å². The Balaban J connectivity index is 1.58. The lowest BCUT2D eigenvalue weighted by Crippen LogP contribution is -2.30. The average Bonchev–Trinajstić information content (AvgIpc) is 2.52. The Kier molecular flexibility index (Phi) is 4.98. The molecule has 1 heteroatoms. The summed E-state index contributed by atoms with van der Waals surface area (Å²) in [6.07, 6.45) is 12.5. The molecule has 0 amide bonds. The number of hydrogen-bond acceptors (Lipinski definition) is 0. The van der Waals surface area contributed by atoms with Gasteiger partial charge >= 0.3 is 0 Å². The van der Waals surface area contributed by atoms with Crippen LogP contribution in [-0.2, 0) is 0 Å². The molecule has 0 spiro atoms. The highest BCUT2D eigenvalue weighted by Gasteiger charge is 2.35. The number of unbranched alkanes of at least 4 members (excludes halogenated alkanes) is 1. The molecule has 0 nitrogen and oxygen atoms in total. The molecule has 2 fully saturated rings. The van der Waals surface area contributed by atoms with Gasteiger partial charge in [-0.15, -0.1) is 0 Å². The summed E-state index contributed by atoms with van der Waals surface area (Å²) in [4.78, 5) is 0. The van der Waals surface area contributed by atoms with Crippen LogP contribution in [0.25, 0.3) is 0 Å². The largest absolute Gasteiger partial charge is 0.207 e. The lowest BCUT2D eigenvalue weighted by atomic mass is 9.63. The van der Waals surface area contributed by atoms with Crippen molar-refractivity contribution < 1.29 is 4.39 Å². The summed E-state index contributed by atoms with van der Waals surface area (Å²) in [7, 11) is 0. The summed E-state index contributed by atoms with van der Waals surface area (Å²) >= 11 is 0. The molecule has 0 saturated heterocycles. The van der Waals surface area contributed by atoms with Gasteiger partial charge in [-0.2, -0.15) is 0 Å². The third-order valence-electron chi connectivity index (χ3n) is 6.01. The Morgan fingerprint density at radius 2 is 1.86 bits per heavy atom. The van der Waals surface area contributed by atoms with E-state index in [0.29, 0.717) is 5.92 Å². The number of fused-ring (bicyclic) bond motifs is 1. The molecule has 0 bridgehead atoms. The molecule has 0 radical (unpaired) electrons. The maximum atomic E-state index is 13.4. The first-order chi connectivity index (χ1) is 10.3. The van der Waals surface area contributed by atoms with Crippen LogP contribution in [0.3, 0.4) is 0 Å². The van der Waals surface area contributed by atoms with Gasteiger partial charge < -0.3 is 0 Å². The van der Waals surface area contributed by atoms with Crippen LogP contribution in [0.1, 0.15) is 76.2 Å². The van der Waals surface area contributed by atoms with E-state index in [4.69, 9.17) is 0 Å². The second-order valence-electron chi connectivity index (χ2n) is 7.41. The van der Waals surface area contributed by atoms with E-state index in [-0.39, 0.29) is 5.82 Å². The summed E-state index contributed by atoms with van der Waals surface area (Å²) in [5, 5.41) is 0. The molecule has 0 aliphatic heterocycles. The van der Waals surface area contributed by atoms with Gasteiger partial charge in [-0.1, -0.05) is 44.7 Å². The van der Waals surface area contributed by atoms with Crippen LogP contribution < -0.4 is 0 Å². The predicted octanol–water partition coefficient (Wildman–Crippen LogP) is 6.32. The molecule has 2 saturated carbocycles. The van der Waals surface area contributed by atoms with Gasteiger partial charge in [-0.05, 0) is 73.5 Å². The van der Waals surface area contributed by atoms with E-state index in [1.807, 2.05) is 6.07 Å². The molecule has 2 aliphatic rings. The SMILES string of the molecule is CCCCC1CCC2CC(c3cccc(F)c3)CCC2C1. The van der Waals surface area contributed by atoms with Gasteiger partial charge in [0.05, 0.1) is 0 Å². The van der Waals surface area contributed by atoms with Crippen molar-refractivity contribution in [3.05, 3.63) is 35.6 Å². The van der Waals surface area contributed by atoms with Gasteiger partial charge in [0.15, 0.2) is 0 Å². The van der Waals surface area contributed by atoms with Crippen LogP contribution in [0.2, 0.25) is 0 Å². The highest BCUT2D eigenvalue weighted by molar-refractivity contribution is 5.21. The minimum Gasteiger partial charge on any atom is -0.207 e. The fourth-order valence-electron chi connectivity index (χ4n) is 4.80. The second kappa shape index (κ2) is 6.94. The highest BCUT2D eigenvalue weighted by Crippen LogP contribution is 2.48. The van der Waals surface area contributed by atoms with Crippen molar-refractivity contribution in [1.29, 1.82) is 0 Å². The Hall–Kier alpha value is -0.850. The average molecular weight is 288 g/mol. The quantitative estimate of drug-likeness (QED) is 0.608. The minimum absolute atomic E-state index is 0.0714. The number of rotatable bonds is 4. The first kappa shape index (κ1) is 15.1. The molecular formula is C20H29F. The first-order valence-electron chi connectivity index (χ1n) is 9.01. The van der Waals surface area contributed by atoms with Crippen LogP contribution >= 0.6 is 0 Å². The van der Waals surface area contributed by atoms with E-state index in [2.05, 4.69) is 13.0 Å². The Morgan fingerprint density at radius 1 is 1.05 bits per heavy atom. The van der Waals surface area contributed by atoms with Gasteiger partial charge in [0.2, 0.25) is 0 Å². The Labute approximate surface area is 129 Å². The maximum Gasteiger partial charge on any atom is 0.123 e. The van der Waals surface area contributed by atoms with Crippen molar-refractivity contribution >= 4 is 0 Å². The lowest BCUT2D eigenvalue weighted by Gasteiger charge is -2.42. The van der Waals surface area contributed by atoms with Crippen LogP contribution in [-0.4, -0.2) is 0 Å². The fraction of sp³-hybridized carbons (Fsp3) is 0.700. The molecule has 1 aromatic carbocycles. The Bertz CT molecular complexity index is 453. The van der Waals surface area contributed by atoms with E-state index in [1.165, 1.54) is 63.4 Å². The molecule has 3 rings (SSSR count). The third kappa shape index (κ3) is 3.67. The molecule has 0 aromatic heterocycles. The molecule has 0 N–H and O–H groups in total. The van der Waals surface area contributed by atoms with E-state index in [0.717, 1.165) is 17.8 Å². The fourth-order valence-corrected chi connectivity index (χ4v) is 4.80. The van der Waals surface area contributed by atoms with Gasteiger partial charge in [-0.3, -0.25) is 0 Å². The van der Waals surface area contributed by atoms with Crippen LogP contribution in [0, 0.1) is 23.6 Å². The van der Waals surface area contributed by atoms with E-state index >= 15 is 0 Å². The third-order valence-corrected chi connectivity index (χ3v) is 6.01. The van der Waals surface area contributed by atoms with E-state index < -0.39 is 0 Å². The maximum absolute atomic E-state index is 13.4. The monoisotopic (exact) mass is 288 g/mol. The molecule has 4 unspecified atom stereocenters. The zero-order valence-electron chi connectivity index (χ0n) is 13.4. The van der Waals surface area contributed by atoms with Crippen molar-refractivity contribution in [2.75, 3.05) is 0 Å². The number of hydrogen-bond donors (Lipinski definition) is 0. The second-order valence-corrected chi connectivity index (χ2v) is 7.41. The summed E-state index contributed by atoms with van der Waals surface area (Å²) < 4.78 is 13.4. The van der Waals surface area contributed by atoms with Crippen molar-refractivity contribution in [3.63, 3.8) is 0 Å². The van der Waals surface area contributed by atoms with Crippen molar-refractivity contribution in [2.45, 2.75) is 70.6 Å². The van der Waals surface area contributed by atoms with E-state index in [1.54, 1.807) is 12.1 Å². The van der Waals surface area contributed by atoms with Gasteiger partial charge in [0, 0.05) is 0 Å². The molecule has 21 heavy (non-hydrogen) atoms. The molecule has 0 heterocycles. The number of benzene rings is 1. The molecule has 2 aliphatic carbocycles. The summed E-state index contributed by atoms with van der Waals surface area (Å²) in [6, 6.07) is 7.32. The van der Waals surface area contributed by atoms with Crippen molar-refractivity contribution in [3.8, 4) is 0 Å². The Morgan fingerprint density at radius 3 is 2.67 bits per heavy atom. The van der Waals surface area contributed by atoms with Gasteiger partial charge in [0.1, 0.15) is 5.82 Å². The smallest absolute Gasteiger partial charge is 0.123 e. The topological polar surface area (TPSA) is 0 Å². The zero-order valence-corrected chi connectivity index (χ0v) is 13.4. The first-order valence-corrected chi connectivity index (χ1v) is 9.01. The highest BCUT2D eigenvalue weighted by atomic mass is 19.1. The summed E-state index contributed by atoms with van der Waals surface area (Å²) in [5.74, 6) is 3.40. The van der Waals surface area contributed by atoms with Crippen LogP contribution in [0.4, 0.5) is 4.39 Å². The molecule has 116 valence electrons. The zero-order chi connectivity index (χ0) is 14.7. The van der Waals surface area contributed by atoms with Crippen LogP contribution in [0.5, 0.6) is 0 Å². The minimum atomic E-state index is -0.0714. The standard InChI is InChI=1S/C20H29F/c1-2-3-5-15-8-9-18-13-19(11-10-17(18)12-15)16-6-4-7-20(21)14-16/h4,6-7,14-15,17-19H,2-3,5,8-13H2,1H3. The molecular weight excluding hydrogens is 259 g/mol. The normalized spacial score (nSPS) is 32.7. The van der Waals surface area contributed by atoms with Crippen molar-refractivity contribution in [2.24, 2.45) is 17.8 Å². The van der Waals surface area contributed by atoms with Gasteiger partial charge in [0.25, 0.3) is 0 Å².